The molecule has 0 saturated carbocycles. The molecule has 0 aliphatic carbocycles. The molecule has 2 aliphatic rings. The molecule has 0 bridgehead atoms. The first kappa shape index (κ1) is 22.9. The van der Waals surface area contributed by atoms with Gasteiger partial charge in [-0.3, -0.25) is 4.90 Å². The molecule has 5 heteroatoms. The molecule has 0 spiro atoms. The first-order chi connectivity index (χ1) is 14.9. The second-order valence-electron chi connectivity index (χ2n) is 9.50. The van der Waals surface area contributed by atoms with Gasteiger partial charge in [-0.1, -0.05) is 41.4 Å². The van der Waals surface area contributed by atoms with Gasteiger partial charge < -0.3 is 10.2 Å². The van der Waals surface area contributed by atoms with Crippen LogP contribution >= 0.6 is 23.2 Å². The molecule has 1 N–H and O–H groups in total. The van der Waals surface area contributed by atoms with Crippen molar-refractivity contribution in [2.45, 2.75) is 57.5 Å². The van der Waals surface area contributed by atoms with Crippen LogP contribution in [-0.4, -0.2) is 49.1 Å². The second-order valence-corrected chi connectivity index (χ2v) is 10.3. The fourth-order valence-corrected chi connectivity index (χ4v) is 5.81. The first-order valence-electron chi connectivity index (χ1n) is 11.7. The standard InChI is InChI=1S/C26H35Cl2N3/c1-18-6-8-23(25(28)15-18)19(2)29-26-16-21(7-9-24(26)27)20-10-13-31(14-11-20)22-5-4-12-30(3)17-22/h6-9,15-16,19-20,22,29H,4-5,10-14,17H2,1-3H3/t19-,22?/m1/s1. The van der Waals surface area contributed by atoms with Crippen LogP contribution in [0, 0.1) is 6.92 Å². The maximum Gasteiger partial charge on any atom is 0.0637 e. The molecule has 2 aliphatic heterocycles. The predicted molar refractivity (Wildman–Crippen MR) is 134 cm³/mol. The molecular weight excluding hydrogens is 425 g/mol. The van der Waals surface area contributed by atoms with Crippen LogP contribution in [0.3, 0.4) is 0 Å². The SMILES string of the molecule is Cc1ccc([C@@H](C)Nc2cc(C3CCN(C4CCCN(C)C4)CC3)ccc2Cl)c(Cl)c1. The Balaban J connectivity index is 1.41. The maximum absolute atomic E-state index is 6.56. The van der Waals surface area contributed by atoms with E-state index in [1.54, 1.807) is 0 Å². The number of benzene rings is 2. The number of nitrogens with zero attached hydrogens (tertiary/aromatic N) is 2. The van der Waals surface area contributed by atoms with E-state index in [-0.39, 0.29) is 6.04 Å². The molecule has 31 heavy (non-hydrogen) atoms. The Morgan fingerprint density at radius 2 is 1.74 bits per heavy atom. The van der Waals surface area contributed by atoms with Crippen LogP contribution in [0.4, 0.5) is 5.69 Å². The van der Waals surface area contributed by atoms with E-state index in [4.69, 9.17) is 23.2 Å². The third-order valence-corrected chi connectivity index (χ3v) is 7.76. The highest BCUT2D eigenvalue weighted by Crippen LogP contribution is 2.35. The summed E-state index contributed by atoms with van der Waals surface area (Å²) in [6.07, 6.45) is 5.13. The Morgan fingerprint density at radius 3 is 2.45 bits per heavy atom. The summed E-state index contributed by atoms with van der Waals surface area (Å²) >= 11 is 13.1. The average molecular weight is 460 g/mol. The molecule has 2 atom stereocenters. The summed E-state index contributed by atoms with van der Waals surface area (Å²) in [6, 6.07) is 13.6. The molecule has 3 nitrogen and oxygen atoms in total. The van der Waals surface area contributed by atoms with E-state index in [0.717, 1.165) is 27.3 Å². The number of halogens is 2. The summed E-state index contributed by atoms with van der Waals surface area (Å²) in [6.45, 7) is 9.07. The van der Waals surface area contributed by atoms with Crippen LogP contribution in [0.15, 0.2) is 36.4 Å². The van der Waals surface area contributed by atoms with Crippen molar-refractivity contribution in [3.8, 4) is 0 Å². The molecule has 0 radical (unpaired) electrons. The Hall–Kier alpha value is -1.26. The van der Waals surface area contributed by atoms with E-state index in [1.807, 2.05) is 12.1 Å². The van der Waals surface area contributed by atoms with Crippen molar-refractivity contribution >= 4 is 28.9 Å². The van der Waals surface area contributed by atoms with Crippen molar-refractivity contribution in [3.63, 3.8) is 0 Å². The van der Waals surface area contributed by atoms with E-state index >= 15 is 0 Å². The zero-order chi connectivity index (χ0) is 22.0. The summed E-state index contributed by atoms with van der Waals surface area (Å²) in [7, 11) is 2.26. The van der Waals surface area contributed by atoms with Crippen molar-refractivity contribution in [1.82, 2.24) is 9.80 Å². The predicted octanol–water partition coefficient (Wildman–Crippen LogP) is 6.75. The first-order valence-corrected chi connectivity index (χ1v) is 12.4. The van der Waals surface area contributed by atoms with Crippen molar-refractivity contribution in [2.75, 3.05) is 38.5 Å². The number of likely N-dealkylation sites (N-methyl/N-ethyl adjacent to an activating group) is 1. The van der Waals surface area contributed by atoms with Crippen LogP contribution in [0.1, 0.15) is 61.3 Å². The van der Waals surface area contributed by atoms with Gasteiger partial charge in [0.15, 0.2) is 0 Å². The number of nitrogens with one attached hydrogen (secondary N) is 1. The average Bonchev–Trinajstić information content (AvgIpc) is 2.75. The number of hydrogen-bond acceptors (Lipinski definition) is 3. The topological polar surface area (TPSA) is 18.5 Å². The smallest absolute Gasteiger partial charge is 0.0637 e. The highest BCUT2D eigenvalue weighted by Gasteiger charge is 2.28. The highest BCUT2D eigenvalue weighted by molar-refractivity contribution is 6.33. The van der Waals surface area contributed by atoms with Gasteiger partial charge >= 0.3 is 0 Å². The number of hydrogen-bond donors (Lipinski definition) is 1. The van der Waals surface area contributed by atoms with Crippen LogP contribution in [0.2, 0.25) is 10.0 Å². The van der Waals surface area contributed by atoms with Gasteiger partial charge in [-0.25, -0.2) is 0 Å². The molecule has 1 unspecified atom stereocenters. The number of aryl methyl sites for hydroxylation is 1. The second kappa shape index (κ2) is 10.1. The van der Waals surface area contributed by atoms with Crippen LogP contribution in [-0.2, 0) is 0 Å². The lowest BCUT2D eigenvalue weighted by Crippen LogP contribution is -2.49. The van der Waals surface area contributed by atoms with Gasteiger partial charge in [0.05, 0.1) is 16.8 Å². The Kier molecular flexibility index (Phi) is 7.48. The Bertz CT molecular complexity index is 892. The molecule has 0 aromatic heterocycles. The van der Waals surface area contributed by atoms with Crippen molar-refractivity contribution in [1.29, 1.82) is 0 Å². The minimum absolute atomic E-state index is 0.0889. The maximum atomic E-state index is 6.56. The van der Waals surface area contributed by atoms with Gasteiger partial charge in [-0.15, -0.1) is 0 Å². The lowest BCUT2D eigenvalue weighted by molar-refractivity contribution is 0.0891. The zero-order valence-corrected chi connectivity index (χ0v) is 20.5. The fourth-order valence-electron chi connectivity index (χ4n) is 5.24. The molecular formula is C26H35Cl2N3. The minimum atomic E-state index is 0.0889. The van der Waals surface area contributed by atoms with E-state index in [9.17, 15) is 0 Å². The Labute approximate surface area is 197 Å². The van der Waals surface area contributed by atoms with Crippen LogP contribution in [0.5, 0.6) is 0 Å². The molecule has 2 fully saturated rings. The van der Waals surface area contributed by atoms with E-state index in [2.05, 4.69) is 60.3 Å². The van der Waals surface area contributed by atoms with Crippen LogP contribution in [0.25, 0.3) is 0 Å². The van der Waals surface area contributed by atoms with E-state index < -0.39 is 0 Å². The lowest BCUT2D eigenvalue weighted by atomic mass is 9.88. The monoisotopic (exact) mass is 459 g/mol. The van der Waals surface area contributed by atoms with Gasteiger partial charge in [-0.2, -0.15) is 0 Å². The van der Waals surface area contributed by atoms with Gasteiger partial charge in [0.25, 0.3) is 0 Å². The van der Waals surface area contributed by atoms with Gasteiger partial charge in [0, 0.05) is 17.6 Å². The molecule has 4 rings (SSSR count). The lowest BCUT2D eigenvalue weighted by Gasteiger charge is -2.41. The van der Waals surface area contributed by atoms with E-state index in [0.29, 0.717) is 5.92 Å². The number of piperidine rings is 2. The number of likely N-dealkylation sites (tertiary alicyclic amines) is 2. The molecule has 2 saturated heterocycles. The summed E-state index contributed by atoms with van der Waals surface area (Å²) in [4.78, 5) is 5.21. The Morgan fingerprint density at radius 1 is 0.968 bits per heavy atom. The molecule has 2 aromatic rings. The molecule has 2 aromatic carbocycles. The van der Waals surface area contributed by atoms with Crippen LogP contribution < -0.4 is 5.32 Å². The van der Waals surface area contributed by atoms with Crippen molar-refractivity contribution < 1.29 is 0 Å². The van der Waals surface area contributed by atoms with Gasteiger partial charge in [0.1, 0.15) is 0 Å². The van der Waals surface area contributed by atoms with E-state index in [1.165, 1.54) is 63.0 Å². The molecule has 0 amide bonds. The number of rotatable bonds is 5. The fraction of sp³-hybridized carbons (Fsp3) is 0.538. The quantitative estimate of drug-likeness (QED) is 0.533. The third kappa shape index (κ3) is 5.57. The van der Waals surface area contributed by atoms with Gasteiger partial charge in [0.2, 0.25) is 0 Å². The van der Waals surface area contributed by atoms with Crippen molar-refractivity contribution in [3.05, 3.63) is 63.1 Å². The van der Waals surface area contributed by atoms with Crippen molar-refractivity contribution in [2.24, 2.45) is 0 Å². The third-order valence-electron chi connectivity index (χ3n) is 7.10. The summed E-state index contributed by atoms with van der Waals surface area (Å²) in [5.41, 5.74) is 4.67. The zero-order valence-electron chi connectivity index (χ0n) is 19.0. The number of anilines is 1. The summed E-state index contributed by atoms with van der Waals surface area (Å²) in [5.74, 6) is 0.605. The largest absolute Gasteiger partial charge is 0.377 e. The summed E-state index contributed by atoms with van der Waals surface area (Å²) in [5, 5.41) is 5.16. The summed E-state index contributed by atoms with van der Waals surface area (Å²) < 4.78 is 0. The molecule has 168 valence electrons. The van der Waals surface area contributed by atoms with Gasteiger partial charge in [-0.05, 0) is 107 Å². The normalized spacial score (nSPS) is 22.4. The minimum Gasteiger partial charge on any atom is -0.377 e. The molecule has 2 heterocycles. The highest BCUT2D eigenvalue weighted by atomic mass is 35.5.